The zero-order valence-corrected chi connectivity index (χ0v) is 18.1. The molecular weight excluding hydrogens is 456 g/mol. The first kappa shape index (κ1) is 20.6. The lowest BCUT2D eigenvalue weighted by molar-refractivity contribution is -0.145. The predicted molar refractivity (Wildman–Crippen MR) is 110 cm³/mol. The van der Waals surface area contributed by atoms with Crippen LogP contribution in [0.15, 0.2) is 33.9 Å². The molecule has 4 unspecified atom stereocenters. The molecule has 1 heterocycles. The van der Waals surface area contributed by atoms with Gasteiger partial charge in [0.25, 0.3) is 11.8 Å². The zero-order chi connectivity index (χ0) is 21.4. The summed E-state index contributed by atoms with van der Waals surface area (Å²) in [6.45, 7) is 1.72. The highest BCUT2D eigenvalue weighted by Gasteiger charge is 2.59. The maximum absolute atomic E-state index is 12.7. The van der Waals surface area contributed by atoms with Gasteiger partial charge in [-0.2, -0.15) is 10.1 Å². The molecular formula is C21H21BrN2O6. The van der Waals surface area contributed by atoms with Gasteiger partial charge >= 0.3 is 5.97 Å². The van der Waals surface area contributed by atoms with Gasteiger partial charge in [-0.05, 0) is 58.8 Å². The van der Waals surface area contributed by atoms with E-state index < -0.39 is 5.97 Å². The Morgan fingerprint density at radius 2 is 1.90 bits per heavy atom. The van der Waals surface area contributed by atoms with Crippen molar-refractivity contribution < 1.29 is 28.6 Å². The minimum Gasteiger partial charge on any atom is -0.493 e. The average Bonchev–Trinajstić information content (AvgIpc) is 3.40. The standard InChI is InChI=1S/C21H21BrN2O6/c1-3-29-16(25)10-30-19-14(22)6-11(7-15(19)28-2)9-23-24-20(26)17-12-4-5-13(8-12)18(17)21(24)27/h4-7,9,12-13,17-18H,3,8,10H2,1-2H3. The number of carbonyl (C=O) groups is 3. The van der Waals surface area contributed by atoms with Gasteiger partial charge in [-0.1, -0.05) is 12.2 Å². The van der Waals surface area contributed by atoms with Crippen LogP contribution in [0.5, 0.6) is 11.5 Å². The van der Waals surface area contributed by atoms with Gasteiger partial charge in [0.15, 0.2) is 18.1 Å². The van der Waals surface area contributed by atoms with Crippen molar-refractivity contribution in [3.8, 4) is 11.5 Å². The SMILES string of the molecule is CCOC(=O)COc1c(Br)cc(C=NN2C(=O)C3C4C=CC(C4)C3C2=O)cc1OC. The first-order valence-electron chi connectivity index (χ1n) is 9.70. The molecule has 1 aliphatic heterocycles. The lowest BCUT2D eigenvalue weighted by Crippen LogP contribution is -2.28. The molecule has 0 spiro atoms. The molecule has 2 fully saturated rings. The largest absolute Gasteiger partial charge is 0.493 e. The van der Waals surface area contributed by atoms with E-state index in [0.29, 0.717) is 21.5 Å². The van der Waals surface area contributed by atoms with Crippen LogP contribution in [0.25, 0.3) is 0 Å². The fourth-order valence-corrected chi connectivity index (χ4v) is 4.99. The molecule has 3 aliphatic rings. The molecule has 0 aromatic heterocycles. The van der Waals surface area contributed by atoms with Crippen molar-refractivity contribution >= 4 is 39.9 Å². The van der Waals surface area contributed by atoms with Gasteiger partial charge in [-0.3, -0.25) is 9.59 Å². The molecule has 8 nitrogen and oxygen atoms in total. The van der Waals surface area contributed by atoms with Gasteiger partial charge in [-0.15, -0.1) is 0 Å². The number of hydrazone groups is 1. The van der Waals surface area contributed by atoms with Gasteiger partial charge < -0.3 is 14.2 Å². The van der Waals surface area contributed by atoms with E-state index in [4.69, 9.17) is 14.2 Å². The summed E-state index contributed by atoms with van der Waals surface area (Å²) in [5.74, 6) is -0.548. The molecule has 2 bridgehead atoms. The van der Waals surface area contributed by atoms with Crippen molar-refractivity contribution in [2.75, 3.05) is 20.3 Å². The minimum absolute atomic E-state index is 0.140. The molecule has 1 aromatic carbocycles. The molecule has 4 rings (SSSR count). The number of amides is 2. The Kier molecular flexibility index (Phi) is 5.64. The molecule has 2 amide bonds. The van der Waals surface area contributed by atoms with Gasteiger partial charge in [0.2, 0.25) is 0 Å². The average molecular weight is 477 g/mol. The minimum atomic E-state index is -0.489. The molecule has 1 saturated heterocycles. The lowest BCUT2D eigenvalue weighted by atomic mass is 9.85. The van der Waals surface area contributed by atoms with Gasteiger partial charge in [0, 0.05) is 0 Å². The second-order valence-electron chi connectivity index (χ2n) is 7.36. The van der Waals surface area contributed by atoms with Crippen molar-refractivity contribution in [2.24, 2.45) is 28.8 Å². The van der Waals surface area contributed by atoms with Crippen molar-refractivity contribution in [1.29, 1.82) is 0 Å². The highest BCUT2D eigenvalue weighted by molar-refractivity contribution is 9.10. The smallest absolute Gasteiger partial charge is 0.344 e. The number of esters is 1. The highest BCUT2D eigenvalue weighted by atomic mass is 79.9. The third kappa shape index (κ3) is 3.51. The predicted octanol–water partition coefficient (Wildman–Crippen LogP) is 2.54. The Morgan fingerprint density at radius 1 is 1.23 bits per heavy atom. The lowest BCUT2D eigenvalue weighted by Gasteiger charge is -2.13. The fraction of sp³-hybridized carbons (Fsp3) is 0.429. The van der Waals surface area contributed by atoms with Crippen LogP contribution in [0.1, 0.15) is 18.9 Å². The van der Waals surface area contributed by atoms with Gasteiger partial charge in [-0.25, -0.2) is 4.79 Å². The number of benzene rings is 1. The zero-order valence-electron chi connectivity index (χ0n) is 16.5. The van der Waals surface area contributed by atoms with E-state index in [9.17, 15) is 14.4 Å². The molecule has 1 aromatic rings. The summed E-state index contributed by atoms with van der Waals surface area (Å²) in [4.78, 5) is 37.0. The number of ether oxygens (including phenoxy) is 3. The van der Waals surface area contributed by atoms with Crippen molar-refractivity contribution in [3.05, 3.63) is 34.3 Å². The van der Waals surface area contributed by atoms with E-state index in [1.807, 2.05) is 12.2 Å². The van der Waals surface area contributed by atoms with E-state index in [1.54, 1.807) is 19.1 Å². The fourth-order valence-electron chi connectivity index (χ4n) is 4.41. The summed E-state index contributed by atoms with van der Waals surface area (Å²) >= 11 is 3.39. The van der Waals surface area contributed by atoms with Crippen LogP contribution >= 0.6 is 15.9 Å². The van der Waals surface area contributed by atoms with Crippen LogP contribution in [0, 0.1) is 23.7 Å². The second kappa shape index (κ2) is 8.22. The van der Waals surface area contributed by atoms with E-state index in [0.717, 1.165) is 11.4 Å². The second-order valence-corrected chi connectivity index (χ2v) is 8.21. The van der Waals surface area contributed by atoms with Gasteiger partial charge in [0.05, 0.1) is 36.2 Å². The molecule has 0 radical (unpaired) electrons. The monoisotopic (exact) mass is 476 g/mol. The topological polar surface area (TPSA) is 94.5 Å². The maximum Gasteiger partial charge on any atom is 0.344 e. The third-order valence-electron chi connectivity index (χ3n) is 5.66. The van der Waals surface area contributed by atoms with Crippen molar-refractivity contribution in [3.63, 3.8) is 0 Å². The summed E-state index contributed by atoms with van der Waals surface area (Å²) in [6, 6.07) is 3.34. The van der Waals surface area contributed by atoms with Crippen molar-refractivity contribution in [2.45, 2.75) is 13.3 Å². The molecule has 30 heavy (non-hydrogen) atoms. The van der Waals surface area contributed by atoms with E-state index >= 15 is 0 Å². The first-order valence-corrected chi connectivity index (χ1v) is 10.5. The van der Waals surface area contributed by atoms with E-state index in [-0.39, 0.29) is 48.7 Å². The van der Waals surface area contributed by atoms with Crippen LogP contribution in [-0.2, 0) is 19.1 Å². The van der Waals surface area contributed by atoms with Crippen LogP contribution in [0.2, 0.25) is 0 Å². The number of hydrogen-bond donors (Lipinski definition) is 0. The van der Waals surface area contributed by atoms with E-state index in [1.165, 1.54) is 13.3 Å². The van der Waals surface area contributed by atoms with Crippen LogP contribution in [-0.4, -0.2) is 49.3 Å². The highest BCUT2D eigenvalue weighted by Crippen LogP contribution is 2.52. The number of carbonyl (C=O) groups excluding carboxylic acids is 3. The number of methoxy groups -OCH3 is 1. The quantitative estimate of drug-likeness (QED) is 0.259. The normalized spacial score (nSPS) is 26.6. The number of nitrogens with zero attached hydrogens (tertiary/aromatic N) is 2. The molecule has 4 atom stereocenters. The number of rotatable bonds is 7. The van der Waals surface area contributed by atoms with Crippen LogP contribution in [0.4, 0.5) is 0 Å². The molecule has 158 valence electrons. The van der Waals surface area contributed by atoms with Crippen molar-refractivity contribution in [1.82, 2.24) is 5.01 Å². The Morgan fingerprint density at radius 3 is 2.50 bits per heavy atom. The number of halogens is 1. The Balaban J connectivity index is 1.50. The Labute approximate surface area is 182 Å². The molecule has 1 saturated carbocycles. The molecule has 2 aliphatic carbocycles. The number of fused-ring (bicyclic) bond motifs is 5. The number of hydrogen-bond acceptors (Lipinski definition) is 7. The molecule has 9 heteroatoms. The summed E-state index contributed by atoms with van der Waals surface area (Å²) in [5, 5.41) is 5.16. The Hall–Kier alpha value is -2.68. The summed E-state index contributed by atoms with van der Waals surface area (Å²) in [5.41, 5.74) is 0.598. The summed E-state index contributed by atoms with van der Waals surface area (Å²) in [6.07, 6.45) is 6.40. The van der Waals surface area contributed by atoms with Crippen LogP contribution in [0.3, 0.4) is 0 Å². The van der Waals surface area contributed by atoms with Gasteiger partial charge in [0.1, 0.15) is 0 Å². The summed E-state index contributed by atoms with van der Waals surface area (Å²) < 4.78 is 16.2. The first-order chi connectivity index (χ1) is 14.4. The third-order valence-corrected chi connectivity index (χ3v) is 6.25. The van der Waals surface area contributed by atoms with Crippen LogP contribution < -0.4 is 9.47 Å². The molecule has 0 N–H and O–H groups in total. The summed E-state index contributed by atoms with van der Waals surface area (Å²) in [7, 11) is 1.47. The van der Waals surface area contributed by atoms with E-state index in [2.05, 4.69) is 21.0 Å². The number of imide groups is 1. The Bertz CT molecular complexity index is 929. The number of allylic oxidation sites excluding steroid dienone is 2. The maximum atomic E-state index is 12.7.